The van der Waals surface area contributed by atoms with Crippen LogP contribution in [-0.4, -0.2) is 24.7 Å². The number of nitrogens with zero attached hydrogens (tertiary/aromatic N) is 1. The second-order valence-corrected chi connectivity index (χ2v) is 13.1. The average Bonchev–Trinajstić information content (AvgIpc) is 2.50. The molecule has 2 aromatic rings. The number of hydrogen-bond acceptors (Lipinski definition) is 3. The molecule has 0 aliphatic carbocycles. The van der Waals surface area contributed by atoms with Crippen LogP contribution in [0.25, 0.3) is 5.69 Å². The Labute approximate surface area is 155 Å². The fourth-order valence-corrected chi connectivity index (χ4v) is 3.01. The van der Waals surface area contributed by atoms with Crippen molar-refractivity contribution in [1.29, 1.82) is 0 Å². The maximum Gasteiger partial charge on any atom is 0.332 e. The van der Waals surface area contributed by atoms with Gasteiger partial charge in [0.2, 0.25) is 0 Å². The number of nitrogens with one attached hydrogen (secondary N) is 1. The van der Waals surface area contributed by atoms with Gasteiger partial charge in [0.15, 0.2) is 0 Å². The molecule has 0 fully saturated rings. The second-order valence-electron chi connectivity index (χ2n) is 8.30. The van der Waals surface area contributed by atoms with Crippen LogP contribution in [0.4, 0.5) is 0 Å². The zero-order chi connectivity index (χ0) is 19.7. The Morgan fingerprint density at radius 1 is 1.15 bits per heavy atom. The van der Waals surface area contributed by atoms with E-state index in [0.717, 1.165) is 16.9 Å². The summed E-state index contributed by atoms with van der Waals surface area (Å²) in [6.07, 6.45) is 1.48. The highest BCUT2D eigenvalue weighted by Crippen LogP contribution is 2.35. The lowest BCUT2D eigenvalue weighted by molar-refractivity contribution is 0.396. The summed E-state index contributed by atoms with van der Waals surface area (Å²) in [4.78, 5) is 25.9. The smallest absolute Gasteiger partial charge is 0.332 e. The molecule has 1 N–H and O–H groups in total. The summed E-state index contributed by atoms with van der Waals surface area (Å²) in [5.41, 5.74) is 4.60. The number of aromatic amines is 1. The van der Waals surface area contributed by atoms with Crippen LogP contribution in [-0.2, 0) is 5.41 Å². The molecular weight excluding hydrogens is 344 g/mol. The minimum atomic E-state index is -1.59. The van der Waals surface area contributed by atoms with Gasteiger partial charge in [-0.05, 0) is 17.5 Å². The van der Waals surface area contributed by atoms with Gasteiger partial charge in [0.25, 0.3) is 5.56 Å². The van der Waals surface area contributed by atoms with E-state index < -0.39 is 19.3 Å². The summed E-state index contributed by atoms with van der Waals surface area (Å²) < 4.78 is 7.09. The molecule has 0 aliphatic rings. The van der Waals surface area contributed by atoms with E-state index in [1.807, 2.05) is 12.1 Å². The third-order valence-corrected chi connectivity index (χ3v) is 4.64. The molecular formula is C20H26N2O3Si. The summed E-state index contributed by atoms with van der Waals surface area (Å²) in [7, 11) is 0.0483. The van der Waals surface area contributed by atoms with Crippen molar-refractivity contribution in [2.75, 3.05) is 7.11 Å². The van der Waals surface area contributed by atoms with Crippen molar-refractivity contribution in [2.24, 2.45) is 0 Å². The number of aromatic nitrogens is 2. The lowest BCUT2D eigenvalue weighted by atomic mass is 9.84. The third-order valence-electron chi connectivity index (χ3n) is 3.76. The van der Waals surface area contributed by atoms with E-state index in [1.165, 1.54) is 16.8 Å². The lowest BCUT2D eigenvalue weighted by Crippen LogP contribution is -2.28. The van der Waals surface area contributed by atoms with Crippen molar-refractivity contribution >= 4 is 8.07 Å². The Kier molecular flexibility index (Phi) is 5.33. The van der Waals surface area contributed by atoms with Gasteiger partial charge in [-0.3, -0.25) is 14.3 Å². The molecule has 1 heterocycles. The number of hydrogen-bond donors (Lipinski definition) is 1. The van der Waals surface area contributed by atoms with Gasteiger partial charge in [-0.1, -0.05) is 46.3 Å². The van der Waals surface area contributed by atoms with Gasteiger partial charge in [0.05, 0.1) is 18.4 Å². The first kappa shape index (κ1) is 19.8. The molecule has 1 aromatic carbocycles. The summed E-state index contributed by atoms with van der Waals surface area (Å²) in [6.45, 7) is 12.8. The summed E-state index contributed by atoms with van der Waals surface area (Å²) in [5.74, 6) is 3.98. The number of ether oxygens (including phenoxy) is 1. The predicted molar refractivity (Wildman–Crippen MR) is 108 cm³/mol. The second kappa shape index (κ2) is 7.00. The van der Waals surface area contributed by atoms with E-state index in [0.29, 0.717) is 5.69 Å². The molecule has 0 amide bonds. The van der Waals surface area contributed by atoms with Gasteiger partial charge in [-0.15, -0.1) is 5.54 Å². The van der Waals surface area contributed by atoms with Crippen LogP contribution in [0.3, 0.4) is 0 Å². The maximum absolute atomic E-state index is 12.2. The number of rotatable bonds is 2. The Morgan fingerprint density at radius 3 is 2.31 bits per heavy atom. The molecule has 0 radical (unpaired) electrons. The quantitative estimate of drug-likeness (QED) is 0.653. The van der Waals surface area contributed by atoms with E-state index in [4.69, 9.17) is 4.74 Å². The van der Waals surface area contributed by atoms with Crippen LogP contribution in [0.5, 0.6) is 5.75 Å². The monoisotopic (exact) mass is 370 g/mol. The van der Waals surface area contributed by atoms with Crippen LogP contribution >= 0.6 is 0 Å². The zero-order valence-electron chi connectivity index (χ0n) is 16.5. The van der Waals surface area contributed by atoms with Crippen molar-refractivity contribution in [3.63, 3.8) is 0 Å². The van der Waals surface area contributed by atoms with Gasteiger partial charge in [-0.25, -0.2) is 4.79 Å². The standard InChI is InChI=1S/C20H26N2O3Si/c1-20(2,3)16-13-15(22-10-8-17(23)21-19(22)24)12-14(18(16)25-4)9-11-26(5,6)7/h8,10,12-13H,1-7H3,(H,21,23,24). The van der Waals surface area contributed by atoms with E-state index >= 15 is 0 Å². The fourth-order valence-electron chi connectivity index (χ4n) is 2.50. The molecule has 0 saturated heterocycles. The Hall–Kier alpha value is -2.52. The highest BCUT2D eigenvalue weighted by molar-refractivity contribution is 6.83. The van der Waals surface area contributed by atoms with Crippen LogP contribution in [0.15, 0.2) is 34.0 Å². The van der Waals surface area contributed by atoms with Gasteiger partial charge in [-0.2, -0.15) is 0 Å². The number of benzene rings is 1. The topological polar surface area (TPSA) is 64.1 Å². The van der Waals surface area contributed by atoms with Crippen LogP contribution in [0.1, 0.15) is 31.9 Å². The molecule has 138 valence electrons. The van der Waals surface area contributed by atoms with Crippen molar-refractivity contribution < 1.29 is 4.74 Å². The molecule has 1 aromatic heterocycles. The minimum Gasteiger partial charge on any atom is -0.495 e. The Balaban J connectivity index is 2.84. The summed E-state index contributed by atoms with van der Waals surface area (Å²) in [6, 6.07) is 5.08. The normalized spacial score (nSPS) is 11.7. The van der Waals surface area contributed by atoms with Gasteiger partial charge in [0.1, 0.15) is 13.8 Å². The van der Waals surface area contributed by atoms with E-state index in [-0.39, 0.29) is 5.41 Å². The average molecular weight is 371 g/mol. The van der Waals surface area contributed by atoms with Crippen LogP contribution in [0, 0.1) is 11.5 Å². The molecule has 26 heavy (non-hydrogen) atoms. The number of methoxy groups -OCH3 is 1. The first-order chi connectivity index (χ1) is 11.9. The first-order valence-electron chi connectivity index (χ1n) is 8.50. The minimum absolute atomic E-state index is 0.206. The predicted octanol–water partition coefficient (Wildman–Crippen LogP) is 3.06. The SMILES string of the molecule is COc1c(C#C[Si](C)(C)C)cc(-n2ccc(=O)[nH]c2=O)cc1C(C)(C)C. The molecule has 5 nitrogen and oxygen atoms in total. The van der Waals surface area contributed by atoms with Crippen molar-refractivity contribution in [2.45, 2.75) is 45.8 Å². The zero-order valence-corrected chi connectivity index (χ0v) is 17.5. The largest absolute Gasteiger partial charge is 0.495 e. The molecule has 0 unspecified atom stereocenters. The molecule has 0 saturated carbocycles. The van der Waals surface area contributed by atoms with Crippen molar-refractivity contribution in [1.82, 2.24) is 9.55 Å². The molecule has 6 heteroatoms. The van der Waals surface area contributed by atoms with Crippen molar-refractivity contribution in [3.05, 3.63) is 56.4 Å². The van der Waals surface area contributed by atoms with E-state index in [2.05, 4.69) is 56.9 Å². The van der Waals surface area contributed by atoms with Crippen LogP contribution < -0.4 is 16.0 Å². The lowest BCUT2D eigenvalue weighted by Gasteiger charge is -2.24. The molecule has 0 bridgehead atoms. The fraction of sp³-hybridized carbons (Fsp3) is 0.400. The Morgan fingerprint density at radius 2 is 1.81 bits per heavy atom. The summed E-state index contributed by atoms with van der Waals surface area (Å²) >= 11 is 0. The molecule has 2 rings (SSSR count). The summed E-state index contributed by atoms with van der Waals surface area (Å²) in [5, 5.41) is 0. The van der Waals surface area contributed by atoms with E-state index in [9.17, 15) is 9.59 Å². The first-order valence-corrected chi connectivity index (χ1v) is 12.0. The number of H-pyrrole nitrogens is 1. The highest BCUT2D eigenvalue weighted by atomic mass is 28.3. The van der Waals surface area contributed by atoms with E-state index in [1.54, 1.807) is 7.11 Å². The molecule has 0 atom stereocenters. The Bertz CT molecular complexity index is 993. The third kappa shape index (κ3) is 4.55. The van der Waals surface area contributed by atoms with Crippen molar-refractivity contribution in [3.8, 4) is 22.9 Å². The molecule has 0 spiro atoms. The van der Waals surface area contributed by atoms with Crippen LogP contribution in [0.2, 0.25) is 19.6 Å². The van der Waals surface area contributed by atoms with Gasteiger partial charge < -0.3 is 4.74 Å². The highest BCUT2D eigenvalue weighted by Gasteiger charge is 2.23. The molecule has 0 aliphatic heterocycles. The van der Waals surface area contributed by atoms with Gasteiger partial charge in [0, 0.05) is 17.8 Å². The maximum atomic E-state index is 12.2. The van der Waals surface area contributed by atoms with Gasteiger partial charge >= 0.3 is 5.69 Å².